The highest BCUT2D eigenvalue weighted by molar-refractivity contribution is 7.89. The van der Waals surface area contributed by atoms with E-state index in [0.717, 1.165) is 28.6 Å². The van der Waals surface area contributed by atoms with Gasteiger partial charge in [-0.05, 0) is 47.5 Å². The number of hydrogen-bond donors (Lipinski definition) is 1. The Bertz CT molecular complexity index is 1270. The molecule has 5 rings (SSSR count). The van der Waals surface area contributed by atoms with Crippen LogP contribution in [0.15, 0.2) is 47.5 Å². The van der Waals surface area contributed by atoms with Crippen molar-refractivity contribution in [2.75, 3.05) is 0 Å². The molecule has 0 saturated carbocycles. The van der Waals surface area contributed by atoms with Gasteiger partial charge < -0.3 is 0 Å². The molecule has 0 spiro atoms. The lowest BCUT2D eigenvalue weighted by atomic mass is 10.0. The highest BCUT2D eigenvalue weighted by Gasteiger charge is 2.51. The Labute approximate surface area is 167 Å². The zero-order chi connectivity index (χ0) is 21.4. The fourth-order valence-electron chi connectivity index (χ4n) is 4.22. The van der Waals surface area contributed by atoms with Crippen LogP contribution < -0.4 is 0 Å². The third kappa shape index (κ3) is 2.61. The smallest absolute Gasteiger partial charge is 0.285 e. The largest absolute Gasteiger partial charge is 0.416 e. The van der Waals surface area contributed by atoms with Gasteiger partial charge in [-0.15, -0.1) is 0 Å². The van der Waals surface area contributed by atoms with Crippen LogP contribution >= 0.6 is 0 Å². The van der Waals surface area contributed by atoms with Crippen molar-refractivity contribution in [3.05, 3.63) is 82.2 Å². The number of hydrogen-bond acceptors (Lipinski definition) is 3. The minimum absolute atomic E-state index is 0.118. The predicted octanol–water partition coefficient (Wildman–Crippen LogP) is 4.10. The third-order valence-corrected chi connectivity index (χ3v) is 7.42. The highest BCUT2D eigenvalue weighted by atomic mass is 32.2. The van der Waals surface area contributed by atoms with Gasteiger partial charge in [0.25, 0.3) is 0 Å². The van der Waals surface area contributed by atoms with Crippen molar-refractivity contribution < 1.29 is 30.4 Å². The first kappa shape index (κ1) is 19.2. The number of aromatic amines is 1. The lowest BCUT2D eigenvalue weighted by molar-refractivity contribution is -0.137. The van der Waals surface area contributed by atoms with Crippen LogP contribution in [0.4, 0.5) is 22.0 Å². The molecule has 0 radical (unpaired) electrons. The quantitative estimate of drug-likeness (QED) is 0.609. The lowest BCUT2D eigenvalue weighted by Crippen LogP contribution is -2.37. The van der Waals surface area contributed by atoms with Gasteiger partial charge >= 0.3 is 6.18 Å². The minimum Gasteiger partial charge on any atom is -0.285 e. The van der Waals surface area contributed by atoms with Crippen LogP contribution in [0.25, 0.3) is 0 Å². The average Bonchev–Trinajstić information content (AvgIpc) is 3.24. The van der Waals surface area contributed by atoms with E-state index in [9.17, 15) is 30.4 Å². The van der Waals surface area contributed by atoms with E-state index in [1.165, 1.54) is 6.20 Å². The highest BCUT2D eigenvalue weighted by Crippen LogP contribution is 2.54. The fraction of sp³-hybridized carbons (Fsp3) is 0.211. The van der Waals surface area contributed by atoms with Gasteiger partial charge in [0.2, 0.25) is 10.0 Å². The van der Waals surface area contributed by atoms with Crippen molar-refractivity contribution in [1.29, 1.82) is 0 Å². The standard InChI is InChI=1S/C19H12F5N3O2S/c20-14-5-11-12(6-15(14)21)18-13-8-25-26-16(13)7-17(11)27(18)30(28,29)10-3-1-9(2-4-10)19(22,23)24/h1-6,8,17-18H,7H2,(H,25,26). The Morgan fingerprint density at radius 3 is 2.27 bits per heavy atom. The Balaban J connectivity index is 1.66. The van der Waals surface area contributed by atoms with Crippen LogP contribution in [-0.2, 0) is 22.6 Å². The average molecular weight is 441 g/mol. The van der Waals surface area contributed by atoms with Gasteiger partial charge in [-0.3, -0.25) is 5.10 Å². The van der Waals surface area contributed by atoms with Crippen molar-refractivity contribution in [2.24, 2.45) is 0 Å². The van der Waals surface area contributed by atoms with Crippen LogP contribution in [-0.4, -0.2) is 22.9 Å². The molecule has 2 aliphatic heterocycles. The zero-order valence-electron chi connectivity index (χ0n) is 14.9. The van der Waals surface area contributed by atoms with Gasteiger partial charge in [-0.25, -0.2) is 17.2 Å². The third-order valence-electron chi connectivity index (χ3n) is 5.53. The second-order valence-electron chi connectivity index (χ2n) is 7.16. The summed E-state index contributed by atoms with van der Waals surface area (Å²) in [6.07, 6.45) is -3.00. The van der Waals surface area contributed by atoms with E-state index >= 15 is 0 Å². The predicted molar refractivity (Wildman–Crippen MR) is 93.7 cm³/mol. The molecule has 5 nitrogen and oxygen atoms in total. The topological polar surface area (TPSA) is 66.1 Å². The normalized spacial score (nSPS) is 20.8. The van der Waals surface area contributed by atoms with E-state index in [1.807, 2.05) is 0 Å². The van der Waals surface area contributed by atoms with Crippen LogP contribution in [0.2, 0.25) is 0 Å². The Hall–Kier alpha value is -2.79. The number of nitrogens with zero attached hydrogens (tertiary/aromatic N) is 2. The molecule has 2 aliphatic rings. The zero-order valence-corrected chi connectivity index (χ0v) is 15.7. The number of alkyl halides is 3. The maximum Gasteiger partial charge on any atom is 0.416 e. The number of H-pyrrole nitrogens is 1. The van der Waals surface area contributed by atoms with E-state index in [2.05, 4.69) is 10.2 Å². The van der Waals surface area contributed by atoms with Gasteiger partial charge in [0.05, 0.1) is 28.2 Å². The van der Waals surface area contributed by atoms with Gasteiger partial charge in [0.1, 0.15) is 0 Å². The Kier molecular flexibility index (Phi) is 3.91. The van der Waals surface area contributed by atoms with Gasteiger partial charge in [-0.1, -0.05) is 0 Å². The summed E-state index contributed by atoms with van der Waals surface area (Å²) in [6.45, 7) is 0. The number of halogens is 5. The summed E-state index contributed by atoms with van der Waals surface area (Å²) >= 11 is 0. The molecule has 3 aromatic rings. The van der Waals surface area contributed by atoms with Crippen molar-refractivity contribution in [3.8, 4) is 0 Å². The van der Waals surface area contributed by atoms with E-state index in [0.29, 0.717) is 29.0 Å². The van der Waals surface area contributed by atoms with E-state index < -0.39 is 45.5 Å². The second-order valence-corrected chi connectivity index (χ2v) is 9.01. The molecule has 2 unspecified atom stereocenters. The van der Waals surface area contributed by atoms with Gasteiger partial charge in [0, 0.05) is 18.2 Å². The molecule has 2 bridgehead atoms. The molecule has 2 aromatic carbocycles. The molecule has 0 fully saturated rings. The van der Waals surface area contributed by atoms with E-state index in [-0.39, 0.29) is 16.9 Å². The Morgan fingerprint density at radius 2 is 1.63 bits per heavy atom. The molecule has 0 amide bonds. The summed E-state index contributed by atoms with van der Waals surface area (Å²) in [5, 5.41) is 6.75. The van der Waals surface area contributed by atoms with Crippen molar-refractivity contribution in [3.63, 3.8) is 0 Å². The number of benzene rings is 2. The van der Waals surface area contributed by atoms with Gasteiger partial charge in [0.15, 0.2) is 11.6 Å². The van der Waals surface area contributed by atoms with Gasteiger partial charge in [-0.2, -0.15) is 22.6 Å². The molecule has 156 valence electrons. The fourth-order valence-corrected chi connectivity index (χ4v) is 5.97. The maximum atomic E-state index is 14.0. The first-order valence-electron chi connectivity index (χ1n) is 8.81. The number of nitrogens with one attached hydrogen (secondary N) is 1. The van der Waals surface area contributed by atoms with Crippen LogP contribution in [0.5, 0.6) is 0 Å². The van der Waals surface area contributed by atoms with Crippen molar-refractivity contribution in [2.45, 2.75) is 29.6 Å². The summed E-state index contributed by atoms with van der Waals surface area (Å²) in [4.78, 5) is -0.341. The lowest BCUT2D eigenvalue weighted by Gasteiger charge is -2.33. The summed E-state index contributed by atoms with van der Waals surface area (Å²) < 4.78 is 94.3. The minimum atomic E-state index is -4.61. The maximum absolute atomic E-state index is 14.0. The molecule has 11 heteroatoms. The number of aromatic nitrogens is 2. The first-order valence-corrected chi connectivity index (χ1v) is 10.2. The van der Waals surface area contributed by atoms with Crippen molar-refractivity contribution in [1.82, 2.24) is 14.5 Å². The van der Waals surface area contributed by atoms with Crippen LogP contribution in [0, 0.1) is 11.6 Å². The number of rotatable bonds is 2. The molecular formula is C19H12F5N3O2S. The summed E-state index contributed by atoms with van der Waals surface area (Å²) in [7, 11) is -4.29. The van der Waals surface area contributed by atoms with Crippen LogP contribution in [0.3, 0.4) is 0 Å². The summed E-state index contributed by atoms with van der Waals surface area (Å²) in [6, 6.07) is 3.26. The molecule has 2 atom stereocenters. The van der Waals surface area contributed by atoms with Crippen molar-refractivity contribution >= 4 is 10.0 Å². The molecule has 30 heavy (non-hydrogen) atoms. The number of fused-ring (bicyclic) bond motifs is 7. The van der Waals surface area contributed by atoms with E-state index in [4.69, 9.17) is 0 Å². The monoisotopic (exact) mass is 441 g/mol. The summed E-state index contributed by atoms with van der Waals surface area (Å²) in [5.74, 6) is -2.22. The summed E-state index contributed by atoms with van der Waals surface area (Å²) in [5.41, 5.74) is 0.682. The van der Waals surface area contributed by atoms with Crippen LogP contribution in [0.1, 0.15) is 40.0 Å². The molecule has 0 aliphatic carbocycles. The Morgan fingerprint density at radius 1 is 1.00 bits per heavy atom. The van der Waals surface area contributed by atoms with E-state index in [1.54, 1.807) is 0 Å². The molecule has 1 N–H and O–H groups in total. The first-order chi connectivity index (χ1) is 14.1. The molecule has 0 saturated heterocycles. The molecular weight excluding hydrogens is 429 g/mol. The molecule has 1 aromatic heterocycles. The second kappa shape index (κ2) is 6.11. The molecule has 3 heterocycles. The number of sulfonamides is 1. The SMILES string of the molecule is O=S(=O)(c1ccc(C(F)(F)F)cc1)N1C2Cc3n[nH]cc3C1c1cc(F)c(F)cc12.